The van der Waals surface area contributed by atoms with Crippen LogP contribution < -0.4 is 0 Å². The molecular formula is C66H139N11O3. The van der Waals surface area contributed by atoms with Crippen LogP contribution in [0.4, 0.5) is 0 Å². The molecule has 0 aromatic rings. The van der Waals surface area contributed by atoms with Gasteiger partial charge < -0.3 is 53.4 Å². The number of piperazine rings is 3. The summed E-state index contributed by atoms with van der Waals surface area (Å²) in [5.74, 6) is 0. The Morgan fingerprint density at radius 3 is 1.09 bits per heavy atom. The van der Waals surface area contributed by atoms with E-state index in [1.54, 1.807) is 0 Å². The summed E-state index contributed by atoms with van der Waals surface area (Å²) in [6.45, 7) is 63.0. The van der Waals surface area contributed by atoms with Gasteiger partial charge >= 0.3 is 0 Å². The Morgan fingerprint density at radius 1 is 0.338 bits per heavy atom. The fourth-order valence-electron chi connectivity index (χ4n) is 12.4. The molecule has 0 aliphatic carbocycles. The van der Waals surface area contributed by atoms with Crippen molar-refractivity contribution in [3.05, 3.63) is 0 Å². The van der Waals surface area contributed by atoms with Crippen molar-refractivity contribution in [2.24, 2.45) is 0 Å². The number of ether oxygens (including phenoxy) is 3. The second-order valence-corrected chi connectivity index (χ2v) is 27.7. The SMILES string of the molecule is CC(C)N1CCC(N2CCCC2)CC1.CC(C)N1CCN(C)CC1.CC(C)OCCCN1CCCCC1.CC(C)OCCCN1CCN(C)CC1.CC(C)OCCN1CCCCC1.CN1CCC(N2CCN(C(C)(C)C)CC2)CC1. The minimum Gasteiger partial charge on any atom is -0.379 e. The van der Waals surface area contributed by atoms with Crippen molar-refractivity contribution in [3.63, 3.8) is 0 Å². The number of hydrogen-bond donors (Lipinski definition) is 0. The number of rotatable bonds is 18. The van der Waals surface area contributed by atoms with Crippen molar-refractivity contribution in [1.29, 1.82) is 0 Å². The van der Waals surface area contributed by atoms with Crippen LogP contribution in [0.1, 0.15) is 180 Å². The summed E-state index contributed by atoms with van der Waals surface area (Å²) in [4.78, 5) is 28.1. The molecule has 14 nitrogen and oxygen atoms in total. The first-order valence-electron chi connectivity index (χ1n) is 34.0. The summed E-state index contributed by atoms with van der Waals surface area (Å²) in [7, 11) is 6.63. The van der Waals surface area contributed by atoms with Crippen molar-refractivity contribution < 1.29 is 14.2 Å². The number of likely N-dealkylation sites (tertiary alicyclic amines) is 5. The maximum atomic E-state index is 5.52. The highest BCUT2D eigenvalue weighted by Crippen LogP contribution is 2.23. The van der Waals surface area contributed by atoms with E-state index < -0.39 is 0 Å². The van der Waals surface area contributed by atoms with E-state index in [2.05, 4.69) is 165 Å². The van der Waals surface area contributed by atoms with E-state index in [0.29, 0.717) is 23.9 Å². The molecule has 8 fully saturated rings. The first-order valence-corrected chi connectivity index (χ1v) is 34.0. The third-order valence-corrected chi connectivity index (χ3v) is 18.1. The zero-order valence-corrected chi connectivity index (χ0v) is 56.4. The van der Waals surface area contributed by atoms with Crippen LogP contribution in [-0.2, 0) is 14.2 Å². The zero-order chi connectivity index (χ0) is 58.7. The van der Waals surface area contributed by atoms with Gasteiger partial charge in [-0.3, -0.25) is 14.7 Å². The lowest BCUT2D eigenvalue weighted by Crippen LogP contribution is -2.56. The molecule has 0 bridgehead atoms. The van der Waals surface area contributed by atoms with E-state index in [-0.39, 0.29) is 0 Å². The normalized spacial score (nSPS) is 23.5. The van der Waals surface area contributed by atoms with Gasteiger partial charge in [-0.05, 0) is 254 Å². The molecule has 476 valence electrons. The van der Waals surface area contributed by atoms with Crippen molar-refractivity contribution in [3.8, 4) is 0 Å². The highest BCUT2D eigenvalue weighted by atomic mass is 16.5. The van der Waals surface area contributed by atoms with Crippen LogP contribution in [0.25, 0.3) is 0 Å². The smallest absolute Gasteiger partial charge is 0.0596 e. The summed E-state index contributed by atoms with van der Waals surface area (Å²) in [6.07, 6.45) is 20.3. The molecule has 8 aliphatic heterocycles. The zero-order valence-electron chi connectivity index (χ0n) is 56.4. The molecule has 0 aromatic heterocycles. The van der Waals surface area contributed by atoms with Crippen LogP contribution in [0.3, 0.4) is 0 Å². The maximum Gasteiger partial charge on any atom is 0.0596 e. The Morgan fingerprint density at radius 2 is 0.675 bits per heavy atom. The van der Waals surface area contributed by atoms with Crippen molar-refractivity contribution in [2.75, 3.05) is 205 Å². The van der Waals surface area contributed by atoms with E-state index in [4.69, 9.17) is 14.2 Å². The standard InChI is InChI=1S/C14H29N3.C12H24N2.C11H24N2O.C11H23NO.C10H21NO.C8H18N2/c1-14(2,3)17-11-9-16(10-12-17)13-5-7-15(4)8-6-13;1-11(2)13-9-5-12(6-10-13)14-7-3-4-8-14;1-11(2)14-10-4-5-13-8-6-12(3)7-9-13;1-11(2)13-10-6-9-12-7-4-3-5-8-12;1-10(2)12-9-8-11-6-4-3-5-7-11;1-8(2)10-6-4-9(3)5-7-10/h13H,5-12H2,1-4H3;11-12H,3-10H2,1-2H3;11H,4-10H2,1-3H3;11H,3-10H2,1-2H3;10H,3-9H2,1-2H3;8H,4-7H2,1-3H3. The second-order valence-electron chi connectivity index (χ2n) is 27.7. The molecule has 8 saturated heterocycles. The number of piperidine rings is 4. The largest absolute Gasteiger partial charge is 0.379 e. The Labute approximate surface area is 498 Å². The average molecular weight is 1130 g/mol. The first-order chi connectivity index (χ1) is 38.2. The van der Waals surface area contributed by atoms with Gasteiger partial charge in [-0.25, -0.2) is 0 Å². The van der Waals surface area contributed by atoms with E-state index >= 15 is 0 Å². The maximum absolute atomic E-state index is 5.52. The van der Waals surface area contributed by atoms with Crippen LogP contribution in [0.2, 0.25) is 0 Å². The van der Waals surface area contributed by atoms with Gasteiger partial charge in [0, 0.05) is 141 Å². The van der Waals surface area contributed by atoms with E-state index in [1.807, 2.05) is 0 Å². The lowest BCUT2D eigenvalue weighted by Gasteiger charge is -2.46. The van der Waals surface area contributed by atoms with Gasteiger partial charge in [-0.2, -0.15) is 0 Å². The lowest BCUT2D eigenvalue weighted by molar-refractivity contribution is 0.0264. The highest BCUT2D eigenvalue weighted by Gasteiger charge is 2.31. The lowest BCUT2D eigenvalue weighted by atomic mass is 10.0. The molecule has 0 radical (unpaired) electrons. The molecule has 80 heavy (non-hydrogen) atoms. The van der Waals surface area contributed by atoms with E-state index in [9.17, 15) is 0 Å². The monoisotopic (exact) mass is 1130 g/mol. The predicted molar refractivity (Wildman–Crippen MR) is 345 cm³/mol. The third-order valence-electron chi connectivity index (χ3n) is 18.1. The molecule has 0 atom stereocenters. The summed E-state index contributed by atoms with van der Waals surface area (Å²) in [5.41, 5.74) is 0.346. The summed E-state index contributed by atoms with van der Waals surface area (Å²) in [5, 5.41) is 0. The van der Waals surface area contributed by atoms with Gasteiger partial charge in [0.25, 0.3) is 0 Å². The van der Waals surface area contributed by atoms with E-state index in [0.717, 1.165) is 50.5 Å². The summed E-state index contributed by atoms with van der Waals surface area (Å²) in [6, 6.07) is 3.24. The van der Waals surface area contributed by atoms with Crippen LogP contribution in [-0.4, -0.2) is 306 Å². The Hall–Kier alpha value is -0.560. The molecule has 0 aromatic carbocycles. The fraction of sp³-hybridized carbons (Fsp3) is 1.00. The van der Waals surface area contributed by atoms with Crippen LogP contribution in [0.5, 0.6) is 0 Å². The second kappa shape index (κ2) is 43.1. The minimum absolute atomic E-state index is 0.346. The van der Waals surface area contributed by atoms with Gasteiger partial charge in [0.2, 0.25) is 0 Å². The van der Waals surface area contributed by atoms with E-state index in [1.165, 1.54) is 247 Å². The Kier molecular flexibility index (Phi) is 39.7. The van der Waals surface area contributed by atoms with Crippen LogP contribution >= 0.6 is 0 Å². The third kappa shape index (κ3) is 34.6. The number of likely N-dealkylation sites (N-methyl/N-ethyl adjacent to an activating group) is 2. The van der Waals surface area contributed by atoms with Crippen molar-refractivity contribution in [1.82, 2.24) is 53.9 Å². The molecular weight excluding hydrogens is 995 g/mol. The Bertz CT molecular complexity index is 1400. The average Bonchev–Trinajstić information content (AvgIpc) is 3.99. The molecule has 8 aliphatic rings. The molecule has 0 saturated carbocycles. The van der Waals surface area contributed by atoms with Gasteiger partial charge in [-0.15, -0.1) is 0 Å². The van der Waals surface area contributed by atoms with Crippen LogP contribution in [0.15, 0.2) is 0 Å². The quantitative estimate of drug-likeness (QED) is 0.123. The number of nitrogens with zero attached hydrogens (tertiary/aromatic N) is 11. The molecule has 8 rings (SSSR count). The van der Waals surface area contributed by atoms with Gasteiger partial charge in [0.05, 0.1) is 24.9 Å². The first kappa shape index (κ1) is 73.7. The minimum atomic E-state index is 0.346. The number of hydrogen-bond acceptors (Lipinski definition) is 14. The Balaban J connectivity index is 0.000000254. The van der Waals surface area contributed by atoms with Crippen molar-refractivity contribution >= 4 is 0 Å². The predicted octanol–water partition coefficient (Wildman–Crippen LogP) is 9.33. The molecule has 0 spiro atoms. The van der Waals surface area contributed by atoms with Gasteiger partial charge in [0.15, 0.2) is 0 Å². The highest BCUT2D eigenvalue weighted by molar-refractivity contribution is 4.87. The van der Waals surface area contributed by atoms with Gasteiger partial charge in [0.1, 0.15) is 0 Å². The van der Waals surface area contributed by atoms with Crippen LogP contribution in [0, 0.1) is 0 Å². The fourth-order valence-corrected chi connectivity index (χ4v) is 12.4. The molecule has 0 N–H and O–H groups in total. The van der Waals surface area contributed by atoms with Gasteiger partial charge in [-0.1, -0.05) is 12.8 Å². The summed E-state index contributed by atoms with van der Waals surface area (Å²) < 4.78 is 16.5. The molecule has 0 amide bonds. The molecule has 0 unspecified atom stereocenters. The molecule has 8 heterocycles. The molecule has 14 heteroatoms. The topological polar surface area (TPSA) is 63.3 Å². The van der Waals surface area contributed by atoms with Crippen molar-refractivity contribution in [2.45, 2.75) is 228 Å². The summed E-state index contributed by atoms with van der Waals surface area (Å²) >= 11 is 0.